The highest BCUT2D eigenvalue weighted by Crippen LogP contribution is 2.25. The molecule has 0 aliphatic heterocycles. The first-order valence-corrected chi connectivity index (χ1v) is 5.07. The van der Waals surface area contributed by atoms with Gasteiger partial charge in [0.05, 0.1) is 10.2 Å². The quantitative estimate of drug-likeness (QED) is 0.725. The standard InChI is InChI=1S/C7H7N3S2/c8-12-10-7-9-5-3-1-2-4-6(5)11-7/h1-4H,8H2,(H,9,10). The summed E-state index contributed by atoms with van der Waals surface area (Å²) in [5.74, 6) is 0. The molecule has 0 unspecified atom stereocenters. The summed E-state index contributed by atoms with van der Waals surface area (Å²) in [5, 5.41) is 6.11. The van der Waals surface area contributed by atoms with Crippen molar-refractivity contribution in [1.29, 1.82) is 0 Å². The summed E-state index contributed by atoms with van der Waals surface area (Å²) >= 11 is 2.67. The van der Waals surface area contributed by atoms with Crippen molar-refractivity contribution in [2.24, 2.45) is 5.14 Å². The zero-order valence-electron chi connectivity index (χ0n) is 6.15. The fourth-order valence-corrected chi connectivity index (χ4v) is 2.14. The molecule has 0 bridgehead atoms. The highest BCUT2D eigenvalue weighted by atomic mass is 32.2. The average molecular weight is 197 g/mol. The number of benzene rings is 1. The number of nitrogens with zero attached hydrogens (tertiary/aromatic N) is 1. The Morgan fingerprint density at radius 2 is 2.25 bits per heavy atom. The van der Waals surface area contributed by atoms with Crippen molar-refractivity contribution in [1.82, 2.24) is 4.98 Å². The number of anilines is 1. The monoisotopic (exact) mass is 197 g/mol. The van der Waals surface area contributed by atoms with E-state index < -0.39 is 0 Å². The maximum Gasteiger partial charge on any atom is 0.194 e. The van der Waals surface area contributed by atoms with Crippen molar-refractivity contribution in [2.75, 3.05) is 4.72 Å². The van der Waals surface area contributed by atoms with Crippen LogP contribution in [0.25, 0.3) is 10.2 Å². The van der Waals surface area contributed by atoms with Crippen molar-refractivity contribution >= 4 is 38.8 Å². The Hall–Kier alpha value is -0.780. The molecule has 2 rings (SSSR count). The van der Waals surface area contributed by atoms with Crippen LogP contribution in [0.3, 0.4) is 0 Å². The molecule has 1 aromatic carbocycles. The van der Waals surface area contributed by atoms with Gasteiger partial charge in [0, 0.05) is 12.1 Å². The first kappa shape index (κ1) is 7.85. The van der Waals surface area contributed by atoms with Crippen LogP contribution >= 0.6 is 23.5 Å². The van der Waals surface area contributed by atoms with E-state index in [1.165, 1.54) is 4.70 Å². The van der Waals surface area contributed by atoms with Crippen LogP contribution in [0.15, 0.2) is 24.3 Å². The van der Waals surface area contributed by atoms with Crippen LogP contribution in [-0.4, -0.2) is 4.98 Å². The van der Waals surface area contributed by atoms with E-state index >= 15 is 0 Å². The number of hydrogen-bond acceptors (Lipinski definition) is 5. The van der Waals surface area contributed by atoms with Gasteiger partial charge in [-0.05, 0) is 12.1 Å². The van der Waals surface area contributed by atoms with Crippen LogP contribution in [0.4, 0.5) is 5.13 Å². The molecule has 0 spiro atoms. The molecule has 0 radical (unpaired) electrons. The van der Waals surface area contributed by atoms with Crippen LogP contribution in [0.5, 0.6) is 0 Å². The molecule has 1 heterocycles. The van der Waals surface area contributed by atoms with Gasteiger partial charge in [-0.3, -0.25) is 9.86 Å². The van der Waals surface area contributed by atoms with Crippen molar-refractivity contribution in [2.45, 2.75) is 0 Å². The Morgan fingerprint density at radius 3 is 3.00 bits per heavy atom. The number of aromatic nitrogens is 1. The van der Waals surface area contributed by atoms with Crippen molar-refractivity contribution in [3.63, 3.8) is 0 Å². The maximum atomic E-state index is 5.25. The molecule has 3 nitrogen and oxygen atoms in total. The van der Waals surface area contributed by atoms with Gasteiger partial charge in [-0.15, -0.1) is 0 Å². The predicted octanol–water partition coefficient (Wildman–Crippen LogP) is 2.23. The predicted molar refractivity (Wildman–Crippen MR) is 55.0 cm³/mol. The largest absolute Gasteiger partial charge is 0.293 e. The molecule has 1 aromatic heterocycles. The molecule has 62 valence electrons. The van der Waals surface area contributed by atoms with Crippen molar-refractivity contribution in [3.8, 4) is 0 Å². The summed E-state index contributed by atoms with van der Waals surface area (Å²) in [6.45, 7) is 0. The number of nitrogens with two attached hydrogens (primary N) is 1. The second-order valence-electron chi connectivity index (χ2n) is 2.21. The molecule has 0 atom stereocenters. The van der Waals surface area contributed by atoms with Crippen LogP contribution in [0.2, 0.25) is 0 Å². The third kappa shape index (κ3) is 1.38. The van der Waals surface area contributed by atoms with Gasteiger partial charge < -0.3 is 0 Å². The van der Waals surface area contributed by atoms with E-state index in [-0.39, 0.29) is 0 Å². The number of fused-ring (bicyclic) bond motifs is 1. The topological polar surface area (TPSA) is 50.9 Å². The lowest BCUT2D eigenvalue weighted by Crippen LogP contribution is -1.89. The van der Waals surface area contributed by atoms with Crippen LogP contribution in [-0.2, 0) is 0 Å². The molecule has 5 heteroatoms. The van der Waals surface area contributed by atoms with Crippen LogP contribution in [0, 0.1) is 0 Å². The summed E-state index contributed by atoms with van der Waals surface area (Å²) in [4.78, 5) is 4.31. The van der Waals surface area contributed by atoms with Gasteiger partial charge in [0.2, 0.25) is 0 Å². The Kier molecular flexibility index (Phi) is 2.16. The fraction of sp³-hybridized carbons (Fsp3) is 0. The third-order valence-electron chi connectivity index (χ3n) is 1.44. The van der Waals surface area contributed by atoms with Crippen molar-refractivity contribution in [3.05, 3.63) is 24.3 Å². The van der Waals surface area contributed by atoms with Gasteiger partial charge in [0.1, 0.15) is 0 Å². The molecule has 2 aromatic rings. The Labute approximate surface area is 78.3 Å². The zero-order valence-corrected chi connectivity index (χ0v) is 7.78. The minimum atomic E-state index is 0.851. The highest BCUT2D eigenvalue weighted by Gasteiger charge is 2.00. The Morgan fingerprint density at radius 1 is 1.42 bits per heavy atom. The normalized spacial score (nSPS) is 10.4. The van der Waals surface area contributed by atoms with E-state index in [0.717, 1.165) is 22.8 Å². The number of hydrogen-bond donors (Lipinski definition) is 2. The summed E-state index contributed by atoms with van der Waals surface area (Å²) < 4.78 is 4.07. The summed E-state index contributed by atoms with van der Waals surface area (Å²) in [7, 11) is 0. The van der Waals surface area contributed by atoms with Gasteiger partial charge in [0.15, 0.2) is 5.13 Å². The molecule has 12 heavy (non-hydrogen) atoms. The number of rotatable bonds is 2. The van der Waals surface area contributed by atoms with Gasteiger partial charge in [-0.25, -0.2) is 4.98 Å². The van der Waals surface area contributed by atoms with Gasteiger partial charge in [-0.1, -0.05) is 23.5 Å². The van der Waals surface area contributed by atoms with E-state index in [2.05, 4.69) is 9.71 Å². The summed E-state index contributed by atoms with van der Waals surface area (Å²) in [6.07, 6.45) is 0. The summed E-state index contributed by atoms with van der Waals surface area (Å²) in [5.41, 5.74) is 1.01. The fourth-order valence-electron chi connectivity index (χ4n) is 0.966. The third-order valence-corrected chi connectivity index (χ3v) is 2.83. The lowest BCUT2D eigenvalue weighted by atomic mass is 10.3. The molecule has 0 aliphatic rings. The number of thiazole rings is 1. The first-order chi connectivity index (χ1) is 5.90. The SMILES string of the molecule is NSNc1nc2ccccc2s1. The van der Waals surface area contributed by atoms with E-state index in [4.69, 9.17) is 5.14 Å². The molecular formula is C7H7N3S2. The van der Waals surface area contributed by atoms with Gasteiger partial charge in [0.25, 0.3) is 0 Å². The zero-order chi connectivity index (χ0) is 8.39. The molecule has 0 aliphatic carbocycles. The maximum absolute atomic E-state index is 5.25. The average Bonchev–Trinajstić information content (AvgIpc) is 2.47. The molecule has 3 N–H and O–H groups in total. The lowest BCUT2D eigenvalue weighted by Gasteiger charge is -1.90. The van der Waals surface area contributed by atoms with Gasteiger partial charge >= 0.3 is 0 Å². The lowest BCUT2D eigenvalue weighted by molar-refractivity contribution is 1.49. The number of nitrogens with one attached hydrogen (secondary N) is 1. The second-order valence-corrected chi connectivity index (χ2v) is 3.68. The van der Waals surface area contributed by atoms with E-state index in [0.29, 0.717) is 0 Å². The minimum Gasteiger partial charge on any atom is -0.293 e. The van der Waals surface area contributed by atoms with E-state index in [1.807, 2.05) is 24.3 Å². The molecule has 0 fully saturated rings. The molecule has 0 amide bonds. The Bertz CT molecular complexity index is 352. The molecule has 0 saturated carbocycles. The van der Waals surface area contributed by atoms with Crippen LogP contribution < -0.4 is 9.86 Å². The highest BCUT2D eigenvalue weighted by molar-refractivity contribution is 7.98. The minimum absolute atomic E-state index is 0.851. The second kappa shape index (κ2) is 3.30. The van der Waals surface area contributed by atoms with E-state index in [9.17, 15) is 0 Å². The smallest absolute Gasteiger partial charge is 0.194 e. The first-order valence-electron chi connectivity index (χ1n) is 3.37. The molecule has 0 saturated heterocycles. The molecular weight excluding hydrogens is 190 g/mol. The van der Waals surface area contributed by atoms with Gasteiger partial charge in [-0.2, -0.15) is 0 Å². The van der Waals surface area contributed by atoms with Crippen molar-refractivity contribution < 1.29 is 0 Å². The number of para-hydroxylation sites is 1. The Balaban J connectivity index is 2.47. The van der Waals surface area contributed by atoms with Crippen LogP contribution in [0.1, 0.15) is 0 Å². The summed E-state index contributed by atoms with van der Waals surface area (Å²) in [6, 6.07) is 8.00. The van der Waals surface area contributed by atoms with E-state index in [1.54, 1.807) is 11.3 Å².